The fourth-order valence-corrected chi connectivity index (χ4v) is 2.84. The monoisotopic (exact) mass is 395 g/mol. The summed E-state index contributed by atoms with van der Waals surface area (Å²) in [6, 6.07) is 8.05. The van der Waals surface area contributed by atoms with Gasteiger partial charge in [-0.2, -0.15) is 10.2 Å². The molecule has 0 bridgehead atoms. The number of hydrogen-bond acceptors (Lipinski definition) is 4. The van der Waals surface area contributed by atoms with E-state index in [9.17, 15) is 9.59 Å². The zero-order valence-electron chi connectivity index (χ0n) is 16.5. The molecule has 9 nitrogen and oxygen atoms in total. The minimum absolute atomic E-state index is 0.190. The Labute approximate surface area is 168 Å². The van der Waals surface area contributed by atoms with Gasteiger partial charge in [0.1, 0.15) is 6.04 Å². The molecule has 2 aromatic heterocycles. The van der Waals surface area contributed by atoms with Gasteiger partial charge in [-0.25, -0.2) is 4.79 Å². The average molecular weight is 395 g/mol. The van der Waals surface area contributed by atoms with Crippen molar-refractivity contribution >= 4 is 23.3 Å². The number of nitrogens with one attached hydrogen (secondary N) is 4. The Morgan fingerprint density at radius 1 is 1.21 bits per heavy atom. The van der Waals surface area contributed by atoms with E-state index in [-0.39, 0.29) is 11.9 Å². The maximum absolute atomic E-state index is 12.4. The van der Waals surface area contributed by atoms with Crippen LogP contribution in [0.3, 0.4) is 0 Å². The summed E-state index contributed by atoms with van der Waals surface area (Å²) in [5, 5.41) is 19.4. The summed E-state index contributed by atoms with van der Waals surface area (Å²) in [7, 11) is 0. The van der Waals surface area contributed by atoms with E-state index in [1.54, 1.807) is 54.3 Å². The van der Waals surface area contributed by atoms with Gasteiger partial charge in [-0.3, -0.25) is 14.6 Å². The van der Waals surface area contributed by atoms with E-state index in [0.29, 0.717) is 17.9 Å². The summed E-state index contributed by atoms with van der Waals surface area (Å²) in [6.07, 6.45) is 6.83. The molecule has 0 saturated heterocycles. The van der Waals surface area contributed by atoms with Crippen LogP contribution in [0.4, 0.5) is 16.2 Å². The number of aromatic nitrogens is 4. The second-order valence-corrected chi connectivity index (χ2v) is 6.74. The number of nitrogens with zero attached hydrogens (tertiary/aromatic N) is 3. The maximum Gasteiger partial charge on any atom is 0.319 e. The summed E-state index contributed by atoms with van der Waals surface area (Å²) in [5.74, 6) is -0.190. The summed E-state index contributed by atoms with van der Waals surface area (Å²) >= 11 is 0. The van der Waals surface area contributed by atoms with Crippen molar-refractivity contribution in [3.05, 3.63) is 60.2 Å². The number of carbonyl (C=O) groups is 2. The summed E-state index contributed by atoms with van der Waals surface area (Å²) in [5.41, 5.74) is 3.40. The molecule has 0 fully saturated rings. The van der Waals surface area contributed by atoms with Crippen LogP contribution >= 0.6 is 0 Å². The summed E-state index contributed by atoms with van der Waals surface area (Å²) < 4.78 is 1.58. The lowest BCUT2D eigenvalue weighted by Crippen LogP contribution is -2.29. The molecule has 3 amide bonds. The second-order valence-electron chi connectivity index (χ2n) is 6.74. The molecule has 29 heavy (non-hydrogen) atoms. The zero-order valence-corrected chi connectivity index (χ0v) is 16.5. The van der Waals surface area contributed by atoms with E-state index in [2.05, 4.69) is 31.2 Å². The number of carbonyl (C=O) groups excluding carboxylic acids is 2. The Balaban J connectivity index is 1.45. The van der Waals surface area contributed by atoms with Crippen molar-refractivity contribution in [2.75, 3.05) is 17.2 Å². The van der Waals surface area contributed by atoms with Crippen LogP contribution in [0.5, 0.6) is 0 Å². The van der Waals surface area contributed by atoms with Crippen LogP contribution in [0.15, 0.2) is 48.9 Å². The van der Waals surface area contributed by atoms with Gasteiger partial charge < -0.3 is 16.0 Å². The number of aromatic amines is 1. The molecule has 2 heterocycles. The predicted molar refractivity (Wildman–Crippen MR) is 111 cm³/mol. The highest BCUT2D eigenvalue weighted by molar-refractivity contribution is 5.95. The third-order valence-electron chi connectivity index (χ3n) is 4.53. The first-order chi connectivity index (χ1) is 14.0. The number of anilines is 2. The van der Waals surface area contributed by atoms with Crippen LogP contribution in [0, 0.1) is 6.92 Å². The van der Waals surface area contributed by atoms with Gasteiger partial charge in [0.25, 0.3) is 0 Å². The van der Waals surface area contributed by atoms with Crippen molar-refractivity contribution in [1.82, 2.24) is 25.3 Å². The van der Waals surface area contributed by atoms with Crippen molar-refractivity contribution in [3.63, 3.8) is 0 Å². The van der Waals surface area contributed by atoms with Gasteiger partial charge in [0, 0.05) is 36.0 Å². The smallest absolute Gasteiger partial charge is 0.319 e. The molecule has 0 saturated carbocycles. The molecule has 152 valence electrons. The van der Waals surface area contributed by atoms with E-state index in [1.165, 1.54) is 0 Å². The van der Waals surface area contributed by atoms with Crippen molar-refractivity contribution < 1.29 is 9.59 Å². The highest BCUT2D eigenvalue weighted by Gasteiger charge is 2.15. The summed E-state index contributed by atoms with van der Waals surface area (Å²) in [6.45, 7) is 4.29. The zero-order chi connectivity index (χ0) is 20.6. The van der Waals surface area contributed by atoms with Gasteiger partial charge >= 0.3 is 6.03 Å². The van der Waals surface area contributed by atoms with Crippen LogP contribution < -0.4 is 16.0 Å². The van der Waals surface area contributed by atoms with E-state index in [4.69, 9.17) is 0 Å². The topological polar surface area (TPSA) is 117 Å². The molecule has 1 atom stereocenters. The Morgan fingerprint density at radius 2 is 2.00 bits per heavy atom. The first-order valence-electron chi connectivity index (χ1n) is 9.46. The molecule has 4 N–H and O–H groups in total. The molecule has 0 aliphatic carbocycles. The van der Waals surface area contributed by atoms with Crippen molar-refractivity contribution in [3.8, 4) is 0 Å². The number of hydrogen-bond donors (Lipinski definition) is 4. The molecule has 3 rings (SSSR count). The maximum atomic E-state index is 12.4. The molecular formula is C20H25N7O2. The molecule has 1 unspecified atom stereocenters. The SMILES string of the molecule is Cc1[nH]ncc1CCCNC(=O)Nc1cccc(NC(=O)C(C)n2cccn2)c1. The van der Waals surface area contributed by atoms with Gasteiger partial charge in [-0.1, -0.05) is 6.07 Å². The normalized spacial score (nSPS) is 11.7. The summed E-state index contributed by atoms with van der Waals surface area (Å²) in [4.78, 5) is 24.5. The Morgan fingerprint density at radius 3 is 2.69 bits per heavy atom. The van der Waals surface area contributed by atoms with Gasteiger partial charge in [0.2, 0.25) is 5.91 Å². The molecule has 0 aliphatic heterocycles. The molecular weight excluding hydrogens is 370 g/mol. The van der Waals surface area contributed by atoms with E-state index in [1.807, 2.05) is 13.1 Å². The Hall–Kier alpha value is -3.62. The first kappa shape index (κ1) is 20.1. The van der Waals surface area contributed by atoms with Crippen LogP contribution in [0.25, 0.3) is 0 Å². The van der Waals surface area contributed by atoms with E-state index < -0.39 is 6.04 Å². The van der Waals surface area contributed by atoms with Gasteiger partial charge in [0.05, 0.1) is 6.20 Å². The number of benzene rings is 1. The quantitative estimate of drug-likeness (QED) is 0.439. The second kappa shape index (κ2) is 9.54. The number of urea groups is 1. The minimum Gasteiger partial charge on any atom is -0.338 e. The third kappa shape index (κ3) is 5.68. The van der Waals surface area contributed by atoms with Gasteiger partial charge in [-0.05, 0) is 56.5 Å². The van der Waals surface area contributed by atoms with Gasteiger partial charge in [0.15, 0.2) is 0 Å². The molecule has 0 radical (unpaired) electrons. The lowest BCUT2D eigenvalue weighted by molar-refractivity contribution is -0.119. The third-order valence-corrected chi connectivity index (χ3v) is 4.53. The first-order valence-corrected chi connectivity index (χ1v) is 9.46. The number of aryl methyl sites for hydroxylation is 2. The Bertz CT molecular complexity index is 949. The fraction of sp³-hybridized carbons (Fsp3) is 0.300. The predicted octanol–water partition coefficient (Wildman–Crippen LogP) is 2.87. The molecule has 1 aromatic carbocycles. The number of amides is 3. The van der Waals surface area contributed by atoms with E-state index in [0.717, 1.165) is 24.1 Å². The minimum atomic E-state index is -0.441. The number of H-pyrrole nitrogens is 1. The highest BCUT2D eigenvalue weighted by Crippen LogP contribution is 2.17. The molecule has 0 aliphatic rings. The van der Waals surface area contributed by atoms with Crippen molar-refractivity contribution in [2.45, 2.75) is 32.7 Å². The van der Waals surface area contributed by atoms with E-state index >= 15 is 0 Å². The molecule has 3 aromatic rings. The van der Waals surface area contributed by atoms with Crippen LogP contribution in [-0.2, 0) is 11.2 Å². The van der Waals surface area contributed by atoms with Crippen molar-refractivity contribution in [2.24, 2.45) is 0 Å². The van der Waals surface area contributed by atoms with Crippen LogP contribution in [0.1, 0.15) is 30.6 Å². The average Bonchev–Trinajstić information content (AvgIpc) is 3.37. The fourth-order valence-electron chi connectivity index (χ4n) is 2.84. The standard InChI is InChI=1S/C20H25N7O2/c1-14-16(13-22-26-14)6-4-9-21-20(29)25-18-8-3-7-17(12-18)24-19(28)15(2)27-11-5-10-23-27/h3,5,7-8,10-13,15H,4,6,9H2,1-2H3,(H,22,26)(H,24,28)(H2,21,25,29). The molecule has 9 heteroatoms. The van der Waals surface area contributed by atoms with Gasteiger partial charge in [-0.15, -0.1) is 0 Å². The molecule has 0 spiro atoms. The number of rotatable bonds is 8. The Kier molecular flexibility index (Phi) is 6.62. The lowest BCUT2D eigenvalue weighted by Gasteiger charge is -2.14. The van der Waals surface area contributed by atoms with Crippen molar-refractivity contribution in [1.29, 1.82) is 0 Å². The largest absolute Gasteiger partial charge is 0.338 e. The van der Waals surface area contributed by atoms with Crippen LogP contribution in [-0.4, -0.2) is 38.5 Å². The highest BCUT2D eigenvalue weighted by atomic mass is 16.2. The van der Waals surface area contributed by atoms with Crippen LogP contribution in [0.2, 0.25) is 0 Å². The lowest BCUT2D eigenvalue weighted by atomic mass is 10.1.